The summed E-state index contributed by atoms with van der Waals surface area (Å²) >= 11 is 0. The molecule has 3 heteroatoms. The molecule has 0 saturated carbocycles. The van der Waals surface area contributed by atoms with Crippen LogP contribution < -0.4 is 10.1 Å². The Morgan fingerprint density at radius 2 is 2.27 bits per heavy atom. The van der Waals surface area contributed by atoms with E-state index in [1.54, 1.807) is 13.3 Å². The Hall–Kier alpha value is -1.09. The summed E-state index contributed by atoms with van der Waals surface area (Å²) < 4.78 is 5.26. The Morgan fingerprint density at radius 1 is 1.47 bits per heavy atom. The minimum atomic E-state index is 0.341. The van der Waals surface area contributed by atoms with Gasteiger partial charge in [0, 0.05) is 17.8 Å². The lowest BCUT2D eigenvalue weighted by Crippen LogP contribution is -2.22. The molecule has 0 radical (unpaired) electrons. The molecule has 0 aliphatic heterocycles. The topological polar surface area (TPSA) is 34.2 Å². The van der Waals surface area contributed by atoms with Crippen LogP contribution in [0.2, 0.25) is 0 Å². The maximum absolute atomic E-state index is 5.26. The summed E-state index contributed by atoms with van der Waals surface area (Å²) in [7, 11) is 1.67. The van der Waals surface area contributed by atoms with Crippen LogP contribution in [0.1, 0.15) is 38.3 Å². The van der Waals surface area contributed by atoms with Gasteiger partial charge in [-0.1, -0.05) is 19.9 Å². The highest BCUT2D eigenvalue weighted by Crippen LogP contribution is 2.24. The SMILES string of the molecule is CCCNC(CC)c1cccnc1OC. The second-order valence-corrected chi connectivity index (χ2v) is 3.52. The standard InChI is InChI=1S/C12H20N2O/c1-4-8-13-11(5-2)10-7-6-9-14-12(10)15-3/h6-7,9,11,13H,4-5,8H2,1-3H3. The zero-order valence-corrected chi connectivity index (χ0v) is 9.79. The molecule has 1 atom stereocenters. The molecule has 84 valence electrons. The normalized spacial score (nSPS) is 12.5. The number of pyridine rings is 1. The first-order valence-electron chi connectivity index (χ1n) is 5.55. The number of hydrogen-bond donors (Lipinski definition) is 1. The van der Waals surface area contributed by atoms with Crippen LogP contribution in [-0.2, 0) is 0 Å². The maximum atomic E-state index is 5.26. The predicted octanol–water partition coefficient (Wildman–Crippen LogP) is 2.54. The first-order valence-corrected chi connectivity index (χ1v) is 5.55. The fraction of sp³-hybridized carbons (Fsp3) is 0.583. The molecule has 0 saturated heterocycles. The molecule has 0 aliphatic rings. The lowest BCUT2D eigenvalue weighted by Gasteiger charge is -2.18. The molecular formula is C12H20N2O. The zero-order valence-electron chi connectivity index (χ0n) is 9.79. The van der Waals surface area contributed by atoms with Crippen molar-refractivity contribution in [1.29, 1.82) is 0 Å². The van der Waals surface area contributed by atoms with Gasteiger partial charge in [0.2, 0.25) is 5.88 Å². The molecule has 0 aliphatic carbocycles. The highest BCUT2D eigenvalue weighted by molar-refractivity contribution is 5.28. The lowest BCUT2D eigenvalue weighted by atomic mass is 10.1. The van der Waals surface area contributed by atoms with Gasteiger partial charge in [-0.2, -0.15) is 0 Å². The molecule has 0 amide bonds. The molecule has 1 aromatic heterocycles. The highest BCUT2D eigenvalue weighted by Gasteiger charge is 2.13. The van der Waals surface area contributed by atoms with Crippen molar-refractivity contribution < 1.29 is 4.74 Å². The first-order chi connectivity index (χ1) is 7.33. The van der Waals surface area contributed by atoms with E-state index in [2.05, 4.69) is 30.2 Å². The smallest absolute Gasteiger partial charge is 0.217 e. The summed E-state index contributed by atoms with van der Waals surface area (Å²) in [6.45, 7) is 5.36. The number of aromatic nitrogens is 1. The van der Waals surface area contributed by atoms with Gasteiger partial charge in [-0.15, -0.1) is 0 Å². The van der Waals surface area contributed by atoms with E-state index in [0.29, 0.717) is 6.04 Å². The van der Waals surface area contributed by atoms with E-state index in [-0.39, 0.29) is 0 Å². The van der Waals surface area contributed by atoms with Crippen LogP contribution in [0.25, 0.3) is 0 Å². The van der Waals surface area contributed by atoms with Crippen molar-refractivity contribution >= 4 is 0 Å². The number of ether oxygens (including phenoxy) is 1. The lowest BCUT2D eigenvalue weighted by molar-refractivity contribution is 0.380. The van der Waals surface area contributed by atoms with Gasteiger partial charge in [0.15, 0.2) is 0 Å². The molecule has 1 rings (SSSR count). The van der Waals surface area contributed by atoms with Gasteiger partial charge < -0.3 is 10.1 Å². The molecule has 0 spiro atoms. The van der Waals surface area contributed by atoms with Crippen molar-refractivity contribution in [3.63, 3.8) is 0 Å². The summed E-state index contributed by atoms with van der Waals surface area (Å²) in [6.07, 6.45) is 3.94. The Bertz CT molecular complexity index is 289. The van der Waals surface area contributed by atoms with Crippen LogP contribution in [0.3, 0.4) is 0 Å². The third kappa shape index (κ3) is 3.20. The average molecular weight is 208 g/mol. The van der Waals surface area contributed by atoms with Crippen molar-refractivity contribution in [2.45, 2.75) is 32.7 Å². The van der Waals surface area contributed by atoms with Gasteiger partial charge in [0.1, 0.15) is 0 Å². The zero-order chi connectivity index (χ0) is 11.1. The third-order valence-electron chi connectivity index (χ3n) is 2.42. The fourth-order valence-electron chi connectivity index (χ4n) is 1.63. The van der Waals surface area contributed by atoms with Crippen molar-refractivity contribution in [3.05, 3.63) is 23.9 Å². The molecule has 0 bridgehead atoms. The van der Waals surface area contributed by atoms with Crippen LogP contribution in [-0.4, -0.2) is 18.6 Å². The number of nitrogens with zero attached hydrogens (tertiary/aromatic N) is 1. The molecule has 1 aromatic rings. The van der Waals surface area contributed by atoms with E-state index in [9.17, 15) is 0 Å². The van der Waals surface area contributed by atoms with Gasteiger partial charge in [0.25, 0.3) is 0 Å². The van der Waals surface area contributed by atoms with Crippen LogP contribution in [0.15, 0.2) is 18.3 Å². The molecule has 0 fully saturated rings. The van der Waals surface area contributed by atoms with E-state index in [1.807, 2.05) is 6.07 Å². The fourth-order valence-corrected chi connectivity index (χ4v) is 1.63. The van der Waals surface area contributed by atoms with E-state index in [4.69, 9.17) is 4.74 Å². The summed E-state index contributed by atoms with van der Waals surface area (Å²) in [5, 5.41) is 3.49. The van der Waals surface area contributed by atoms with E-state index >= 15 is 0 Å². The quantitative estimate of drug-likeness (QED) is 0.780. The van der Waals surface area contributed by atoms with Crippen molar-refractivity contribution in [2.75, 3.05) is 13.7 Å². The van der Waals surface area contributed by atoms with E-state index < -0.39 is 0 Å². The Labute approximate surface area is 91.9 Å². The summed E-state index contributed by atoms with van der Waals surface area (Å²) in [5.74, 6) is 0.730. The number of rotatable bonds is 6. The largest absolute Gasteiger partial charge is 0.481 e. The van der Waals surface area contributed by atoms with E-state index in [1.165, 1.54) is 0 Å². The van der Waals surface area contributed by atoms with Crippen molar-refractivity contribution in [2.24, 2.45) is 0 Å². The molecule has 1 unspecified atom stereocenters. The van der Waals surface area contributed by atoms with Crippen LogP contribution in [0.4, 0.5) is 0 Å². The van der Waals surface area contributed by atoms with Crippen LogP contribution >= 0.6 is 0 Å². The second-order valence-electron chi connectivity index (χ2n) is 3.52. The molecule has 0 aromatic carbocycles. The molecule has 15 heavy (non-hydrogen) atoms. The summed E-state index contributed by atoms with van der Waals surface area (Å²) in [4.78, 5) is 4.21. The van der Waals surface area contributed by atoms with Crippen LogP contribution in [0, 0.1) is 0 Å². The Balaban J connectivity index is 2.80. The Morgan fingerprint density at radius 3 is 2.87 bits per heavy atom. The third-order valence-corrected chi connectivity index (χ3v) is 2.42. The monoisotopic (exact) mass is 208 g/mol. The van der Waals surface area contributed by atoms with Gasteiger partial charge in [-0.25, -0.2) is 4.98 Å². The second kappa shape index (κ2) is 6.40. The minimum Gasteiger partial charge on any atom is -0.481 e. The number of hydrogen-bond acceptors (Lipinski definition) is 3. The van der Waals surface area contributed by atoms with Gasteiger partial charge in [0.05, 0.1) is 7.11 Å². The summed E-state index contributed by atoms with van der Waals surface area (Å²) in [5.41, 5.74) is 1.15. The van der Waals surface area contributed by atoms with Crippen molar-refractivity contribution in [3.8, 4) is 5.88 Å². The maximum Gasteiger partial charge on any atom is 0.217 e. The van der Waals surface area contributed by atoms with Gasteiger partial charge in [-0.3, -0.25) is 0 Å². The Kier molecular flexibility index (Phi) is 5.12. The van der Waals surface area contributed by atoms with Gasteiger partial charge >= 0.3 is 0 Å². The first kappa shape index (κ1) is 12.0. The molecule has 1 heterocycles. The van der Waals surface area contributed by atoms with E-state index in [0.717, 1.165) is 30.8 Å². The highest BCUT2D eigenvalue weighted by atomic mass is 16.5. The van der Waals surface area contributed by atoms with Crippen molar-refractivity contribution in [1.82, 2.24) is 10.3 Å². The number of methoxy groups -OCH3 is 1. The van der Waals surface area contributed by atoms with Crippen LogP contribution in [0.5, 0.6) is 5.88 Å². The number of nitrogens with one attached hydrogen (secondary N) is 1. The molecule has 3 nitrogen and oxygen atoms in total. The predicted molar refractivity (Wildman–Crippen MR) is 62.1 cm³/mol. The average Bonchev–Trinajstić information content (AvgIpc) is 2.30. The molecular weight excluding hydrogens is 188 g/mol. The minimum absolute atomic E-state index is 0.341. The molecule has 1 N–H and O–H groups in total. The van der Waals surface area contributed by atoms with Gasteiger partial charge in [-0.05, 0) is 25.5 Å². The summed E-state index contributed by atoms with van der Waals surface area (Å²) in [6, 6.07) is 4.37.